The smallest absolute Gasteiger partial charge is 0.422 e. The predicted octanol–water partition coefficient (Wildman–Crippen LogP) is 6.57. The molecule has 0 aromatic heterocycles. The van der Waals surface area contributed by atoms with E-state index < -0.39 is 30.6 Å². The van der Waals surface area contributed by atoms with Crippen molar-refractivity contribution in [3.8, 4) is 11.5 Å². The summed E-state index contributed by atoms with van der Waals surface area (Å²) in [5.41, 5.74) is 1.17. The van der Waals surface area contributed by atoms with E-state index in [2.05, 4.69) is 0 Å². The van der Waals surface area contributed by atoms with Gasteiger partial charge in [0.25, 0.3) is 5.91 Å². The van der Waals surface area contributed by atoms with Crippen molar-refractivity contribution in [2.75, 3.05) is 18.1 Å². The van der Waals surface area contributed by atoms with E-state index in [1.165, 1.54) is 11.0 Å². The fourth-order valence-corrected chi connectivity index (χ4v) is 4.78. The number of amides is 1. The van der Waals surface area contributed by atoms with Crippen molar-refractivity contribution in [3.63, 3.8) is 0 Å². The van der Waals surface area contributed by atoms with E-state index in [1.54, 1.807) is 50.2 Å². The van der Waals surface area contributed by atoms with Crippen LogP contribution in [-0.4, -0.2) is 36.4 Å². The maximum absolute atomic E-state index is 13.6. The van der Waals surface area contributed by atoms with Crippen LogP contribution in [0.15, 0.2) is 42.5 Å². The van der Waals surface area contributed by atoms with Crippen LogP contribution in [-0.2, 0) is 11.3 Å². The first-order valence-electron chi connectivity index (χ1n) is 11.3. The molecule has 0 aliphatic carbocycles. The number of carboxylic acids is 1. The molecule has 0 spiro atoms. The molecule has 1 N–H and O–H groups in total. The first-order valence-corrected chi connectivity index (χ1v) is 11.7. The molecule has 3 aromatic rings. The molecule has 3 aromatic carbocycles. The van der Waals surface area contributed by atoms with Crippen LogP contribution in [0.2, 0.25) is 5.02 Å². The minimum atomic E-state index is -4.60. The van der Waals surface area contributed by atoms with Crippen LogP contribution in [0.5, 0.6) is 11.5 Å². The lowest BCUT2D eigenvalue weighted by atomic mass is 9.96. The number of anilines is 1. The van der Waals surface area contributed by atoms with Gasteiger partial charge in [-0.15, -0.1) is 0 Å². The normalized spacial score (nSPS) is 14.2. The summed E-state index contributed by atoms with van der Waals surface area (Å²) in [5.74, 6) is -2.12. The summed E-state index contributed by atoms with van der Waals surface area (Å²) < 4.78 is 50.3. The van der Waals surface area contributed by atoms with Crippen LogP contribution in [0.3, 0.4) is 0 Å². The molecule has 1 aliphatic rings. The molecule has 1 aliphatic heterocycles. The van der Waals surface area contributed by atoms with Crippen LogP contribution in [0.1, 0.15) is 47.7 Å². The van der Waals surface area contributed by atoms with E-state index in [-0.39, 0.29) is 29.5 Å². The highest BCUT2D eigenvalue weighted by atomic mass is 35.5. The third-order valence-electron chi connectivity index (χ3n) is 6.03. The van der Waals surface area contributed by atoms with Crippen LogP contribution >= 0.6 is 11.6 Å². The van der Waals surface area contributed by atoms with Gasteiger partial charge in [-0.3, -0.25) is 9.59 Å². The largest absolute Gasteiger partial charge is 0.493 e. The zero-order valence-corrected chi connectivity index (χ0v) is 20.2. The number of rotatable bonds is 8. The lowest BCUT2D eigenvalue weighted by molar-refractivity contribution is -0.153. The molecule has 1 atom stereocenters. The highest BCUT2D eigenvalue weighted by Crippen LogP contribution is 2.47. The Hall–Kier alpha value is -3.46. The predicted molar refractivity (Wildman–Crippen MR) is 129 cm³/mol. The van der Waals surface area contributed by atoms with E-state index in [1.807, 2.05) is 0 Å². The molecule has 6 nitrogen and oxygen atoms in total. The number of fused-ring (bicyclic) bond motifs is 2. The maximum atomic E-state index is 13.6. The Labute approximate surface area is 210 Å². The van der Waals surface area contributed by atoms with E-state index in [9.17, 15) is 27.9 Å². The Kier molecular flexibility index (Phi) is 7.04. The van der Waals surface area contributed by atoms with Gasteiger partial charge in [0.1, 0.15) is 11.5 Å². The van der Waals surface area contributed by atoms with E-state index in [4.69, 9.17) is 21.1 Å². The first kappa shape index (κ1) is 25.6. The van der Waals surface area contributed by atoms with Crippen LogP contribution < -0.4 is 14.4 Å². The van der Waals surface area contributed by atoms with Gasteiger partial charge in [-0.05, 0) is 31.0 Å². The van der Waals surface area contributed by atoms with Crippen LogP contribution in [0.4, 0.5) is 18.9 Å². The van der Waals surface area contributed by atoms with Gasteiger partial charge >= 0.3 is 12.1 Å². The van der Waals surface area contributed by atoms with Gasteiger partial charge < -0.3 is 19.5 Å². The molecule has 0 radical (unpaired) electrons. The van der Waals surface area contributed by atoms with Crippen molar-refractivity contribution in [2.24, 2.45) is 0 Å². The molecule has 190 valence electrons. The lowest BCUT2D eigenvalue weighted by Crippen LogP contribution is -2.24. The summed E-state index contributed by atoms with van der Waals surface area (Å²) >= 11 is 6.49. The van der Waals surface area contributed by atoms with Gasteiger partial charge in [0.2, 0.25) is 0 Å². The molecule has 1 unspecified atom stereocenters. The zero-order chi connectivity index (χ0) is 26.2. The van der Waals surface area contributed by atoms with Crippen molar-refractivity contribution < 1.29 is 37.3 Å². The molecular weight excluding hydrogens is 499 g/mol. The van der Waals surface area contributed by atoms with Gasteiger partial charge in [-0.25, -0.2) is 0 Å². The molecule has 4 rings (SSSR count). The van der Waals surface area contributed by atoms with Crippen molar-refractivity contribution in [1.29, 1.82) is 0 Å². The Bertz CT molecular complexity index is 1340. The molecule has 1 heterocycles. The Balaban J connectivity index is 1.85. The number of aliphatic carboxylic acids is 1. The number of halogens is 4. The van der Waals surface area contributed by atoms with Gasteiger partial charge in [-0.2, -0.15) is 13.2 Å². The standard InChI is InChI=1S/C26H23ClF3NO5/c1-3-15(25(33)34)14-9-10-20(19(27)11-14)31-12-18-21(24(31)32)23(36-13-26(28,29)30)17-8-6-5-7-16(17)22(18)35-4-2/h5-11,15H,3-4,12-13H2,1-2H3,(H,33,34). The van der Waals surface area contributed by atoms with Crippen LogP contribution in [0, 0.1) is 0 Å². The molecule has 36 heavy (non-hydrogen) atoms. The molecular formula is C26H23ClF3NO5. The summed E-state index contributed by atoms with van der Waals surface area (Å²) in [7, 11) is 0. The molecule has 1 amide bonds. The average Bonchev–Trinajstić information content (AvgIpc) is 3.15. The summed E-state index contributed by atoms with van der Waals surface area (Å²) in [6, 6.07) is 11.3. The number of carbonyl (C=O) groups excluding carboxylic acids is 1. The van der Waals surface area contributed by atoms with Crippen molar-refractivity contribution in [3.05, 3.63) is 64.2 Å². The summed E-state index contributed by atoms with van der Waals surface area (Å²) in [6.45, 7) is 2.21. The Morgan fingerprint density at radius 3 is 2.33 bits per heavy atom. The van der Waals surface area contributed by atoms with Crippen LogP contribution in [0.25, 0.3) is 10.8 Å². The molecule has 0 saturated heterocycles. The van der Waals surface area contributed by atoms with Crippen molar-refractivity contribution >= 4 is 39.9 Å². The lowest BCUT2D eigenvalue weighted by Gasteiger charge is -2.19. The van der Waals surface area contributed by atoms with Gasteiger partial charge in [0.15, 0.2) is 6.61 Å². The Morgan fingerprint density at radius 1 is 1.11 bits per heavy atom. The Morgan fingerprint density at radius 2 is 1.78 bits per heavy atom. The minimum Gasteiger partial charge on any atom is -0.493 e. The molecule has 0 fully saturated rings. The van der Waals surface area contributed by atoms with E-state index in [0.29, 0.717) is 39.8 Å². The number of nitrogens with zero attached hydrogens (tertiary/aromatic N) is 1. The molecule has 0 bridgehead atoms. The van der Waals surface area contributed by atoms with Gasteiger partial charge in [-0.1, -0.05) is 48.9 Å². The number of carboxylic acid groups (broad SMARTS) is 1. The second-order valence-corrected chi connectivity index (χ2v) is 8.70. The number of carbonyl (C=O) groups is 2. The number of benzene rings is 3. The summed E-state index contributed by atoms with van der Waals surface area (Å²) in [4.78, 5) is 26.5. The monoisotopic (exact) mass is 521 g/mol. The first-order chi connectivity index (χ1) is 17.1. The number of hydrogen-bond acceptors (Lipinski definition) is 4. The van der Waals surface area contributed by atoms with Gasteiger partial charge in [0.05, 0.1) is 35.3 Å². The molecule has 10 heteroatoms. The van der Waals surface area contributed by atoms with E-state index in [0.717, 1.165) is 0 Å². The quantitative estimate of drug-likeness (QED) is 0.363. The van der Waals surface area contributed by atoms with E-state index >= 15 is 0 Å². The number of alkyl halides is 3. The number of ether oxygens (including phenoxy) is 2. The second kappa shape index (κ2) is 9.89. The van der Waals surface area contributed by atoms with Crippen molar-refractivity contribution in [1.82, 2.24) is 0 Å². The number of hydrogen-bond donors (Lipinski definition) is 1. The fourth-order valence-electron chi connectivity index (χ4n) is 4.49. The third kappa shape index (κ3) is 4.67. The summed E-state index contributed by atoms with van der Waals surface area (Å²) in [5, 5.41) is 10.5. The summed E-state index contributed by atoms with van der Waals surface area (Å²) in [6.07, 6.45) is -4.25. The average molecular weight is 522 g/mol. The topological polar surface area (TPSA) is 76.1 Å². The zero-order valence-electron chi connectivity index (χ0n) is 19.5. The van der Waals surface area contributed by atoms with Gasteiger partial charge in [0, 0.05) is 16.3 Å². The fraction of sp³-hybridized carbons (Fsp3) is 0.308. The maximum Gasteiger partial charge on any atom is 0.422 e. The SMILES string of the molecule is CCOc1c2c(c(OCC(F)(F)F)c3ccccc13)C(=O)N(c1ccc(C(CC)C(=O)O)cc1Cl)C2. The molecule has 0 saturated carbocycles. The second-order valence-electron chi connectivity index (χ2n) is 8.30. The third-order valence-corrected chi connectivity index (χ3v) is 6.34. The highest BCUT2D eigenvalue weighted by Gasteiger charge is 2.39. The highest BCUT2D eigenvalue weighted by molar-refractivity contribution is 6.34. The minimum absolute atomic E-state index is 0.00802. The van der Waals surface area contributed by atoms with Crippen molar-refractivity contribution in [2.45, 2.75) is 38.9 Å².